The smallest absolute Gasteiger partial charge is 0.109 e. The Morgan fingerprint density at radius 3 is 2.80 bits per heavy atom. The van der Waals surface area contributed by atoms with Crippen molar-refractivity contribution in [2.24, 2.45) is 12.8 Å². The lowest BCUT2D eigenvalue weighted by Crippen LogP contribution is -2.67. The van der Waals surface area contributed by atoms with Gasteiger partial charge in [-0.3, -0.25) is 4.90 Å². The van der Waals surface area contributed by atoms with Gasteiger partial charge in [0.25, 0.3) is 0 Å². The van der Waals surface area contributed by atoms with Gasteiger partial charge in [-0.1, -0.05) is 6.92 Å². The van der Waals surface area contributed by atoms with Crippen LogP contribution < -0.4 is 5.73 Å². The second-order valence-corrected chi connectivity index (χ2v) is 4.63. The minimum absolute atomic E-state index is 0.0850. The average Bonchev–Trinajstić information content (AvgIpc) is 2.57. The number of likely N-dealkylation sites (tertiary alicyclic amines) is 1. The summed E-state index contributed by atoms with van der Waals surface area (Å²) in [7, 11) is 2.04. The molecule has 4 heteroatoms. The van der Waals surface area contributed by atoms with Gasteiger partial charge in [0, 0.05) is 51.0 Å². The summed E-state index contributed by atoms with van der Waals surface area (Å²) >= 11 is 0. The molecule has 0 spiro atoms. The molecule has 0 bridgehead atoms. The second-order valence-electron chi connectivity index (χ2n) is 4.63. The summed E-state index contributed by atoms with van der Waals surface area (Å²) in [4.78, 5) is 6.71. The van der Waals surface area contributed by atoms with Crippen LogP contribution in [0.25, 0.3) is 0 Å². The number of nitrogens with zero attached hydrogens (tertiary/aromatic N) is 3. The number of imidazole rings is 1. The highest BCUT2D eigenvalue weighted by molar-refractivity contribution is 5.00. The third-order valence-corrected chi connectivity index (χ3v) is 3.35. The van der Waals surface area contributed by atoms with E-state index >= 15 is 0 Å². The second kappa shape index (κ2) is 3.94. The molecule has 1 aromatic rings. The third-order valence-electron chi connectivity index (χ3n) is 3.35. The monoisotopic (exact) mass is 208 g/mol. The fourth-order valence-corrected chi connectivity index (χ4v) is 2.12. The van der Waals surface area contributed by atoms with Crippen molar-refractivity contribution in [2.75, 3.05) is 19.6 Å². The standard InChI is InChI=1S/C11H20N4/c1-3-11(12)8-15(9-11)6-4-10-13-5-7-14(10)2/h5,7H,3-4,6,8-9,12H2,1-2H3. The van der Waals surface area contributed by atoms with E-state index in [2.05, 4.69) is 21.4 Å². The first-order valence-corrected chi connectivity index (χ1v) is 5.60. The molecule has 1 aromatic heterocycles. The highest BCUT2D eigenvalue weighted by Gasteiger charge is 2.37. The molecule has 0 atom stereocenters. The minimum atomic E-state index is 0.0850. The topological polar surface area (TPSA) is 47.1 Å². The fraction of sp³-hybridized carbons (Fsp3) is 0.727. The van der Waals surface area contributed by atoms with Crippen LogP contribution in [-0.2, 0) is 13.5 Å². The maximum absolute atomic E-state index is 6.11. The molecule has 0 aliphatic carbocycles. The molecule has 2 N–H and O–H groups in total. The van der Waals surface area contributed by atoms with Crippen LogP contribution in [0.5, 0.6) is 0 Å². The molecule has 2 heterocycles. The van der Waals surface area contributed by atoms with Crippen LogP contribution >= 0.6 is 0 Å². The van der Waals surface area contributed by atoms with Crippen molar-refractivity contribution >= 4 is 0 Å². The molecule has 1 aliphatic heterocycles. The Kier molecular flexibility index (Phi) is 2.80. The molecular weight excluding hydrogens is 188 g/mol. The Hall–Kier alpha value is -0.870. The van der Waals surface area contributed by atoms with E-state index in [1.54, 1.807) is 0 Å². The predicted octanol–water partition coefficient (Wildman–Crippen LogP) is 0.386. The highest BCUT2D eigenvalue weighted by atomic mass is 15.2. The molecule has 0 aromatic carbocycles. The molecular formula is C11H20N4. The van der Waals surface area contributed by atoms with Gasteiger partial charge in [0.2, 0.25) is 0 Å². The number of aryl methyl sites for hydroxylation is 1. The molecule has 1 saturated heterocycles. The van der Waals surface area contributed by atoms with Crippen LogP contribution in [0.1, 0.15) is 19.2 Å². The van der Waals surface area contributed by atoms with E-state index in [0.29, 0.717) is 0 Å². The molecule has 1 fully saturated rings. The largest absolute Gasteiger partial charge is 0.338 e. The molecule has 0 saturated carbocycles. The van der Waals surface area contributed by atoms with Crippen LogP contribution in [0.2, 0.25) is 0 Å². The molecule has 84 valence electrons. The third kappa shape index (κ3) is 2.21. The number of nitrogens with two attached hydrogens (primary N) is 1. The summed E-state index contributed by atoms with van der Waals surface area (Å²) in [5, 5.41) is 0. The number of aromatic nitrogens is 2. The van der Waals surface area contributed by atoms with E-state index in [1.165, 1.54) is 0 Å². The van der Waals surface area contributed by atoms with Crippen molar-refractivity contribution in [3.05, 3.63) is 18.2 Å². The summed E-state index contributed by atoms with van der Waals surface area (Å²) in [6.07, 6.45) is 5.94. The number of hydrogen-bond acceptors (Lipinski definition) is 3. The lowest BCUT2D eigenvalue weighted by atomic mass is 9.88. The van der Waals surface area contributed by atoms with Gasteiger partial charge in [-0.2, -0.15) is 0 Å². The van der Waals surface area contributed by atoms with Crippen molar-refractivity contribution in [2.45, 2.75) is 25.3 Å². The van der Waals surface area contributed by atoms with E-state index < -0.39 is 0 Å². The van der Waals surface area contributed by atoms with E-state index in [9.17, 15) is 0 Å². The summed E-state index contributed by atoms with van der Waals surface area (Å²) in [6.45, 7) is 5.31. The van der Waals surface area contributed by atoms with Crippen molar-refractivity contribution in [3.8, 4) is 0 Å². The summed E-state index contributed by atoms with van der Waals surface area (Å²) in [6, 6.07) is 0. The number of hydrogen-bond donors (Lipinski definition) is 1. The van der Waals surface area contributed by atoms with Crippen molar-refractivity contribution in [1.82, 2.24) is 14.5 Å². The Morgan fingerprint density at radius 2 is 2.27 bits per heavy atom. The summed E-state index contributed by atoms with van der Waals surface area (Å²) in [5.74, 6) is 1.15. The van der Waals surface area contributed by atoms with Gasteiger partial charge < -0.3 is 10.3 Å². The molecule has 2 rings (SSSR count). The van der Waals surface area contributed by atoms with Crippen LogP contribution in [0.3, 0.4) is 0 Å². The fourth-order valence-electron chi connectivity index (χ4n) is 2.12. The maximum Gasteiger partial charge on any atom is 0.109 e. The first kappa shape index (κ1) is 10.6. The van der Waals surface area contributed by atoms with E-state index in [-0.39, 0.29) is 5.54 Å². The molecule has 1 aliphatic rings. The Morgan fingerprint density at radius 1 is 1.53 bits per heavy atom. The van der Waals surface area contributed by atoms with Crippen molar-refractivity contribution in [1.29, 1.82) is 0 Å². The van der Waals surface area contributed by atoms with Crippen molar-refractivity contribution in [3.63, 3.8) is 0 Å². The average molecular weight is 208 g/mol. The zero-order chi connectivity index (χ0) is 10.9. The van der Waals surface area contributed by atoms with Crippen molar-refractivity contribution < 1.29 is 0 Å². The Balaban J connectivity index is 1.75. The molecule has 0 amide bonds. The normalized spacial score (nSPS) is 20.2. The lowest BCUT2D eigenvalue weighted by molar-refractivity contribution is 0.0687. The zero-order valence-electron chi connectivity index (χ0n) is 9.61. The van der Waals surface area contributed by atoms with Gasteiger partial charge in [0.1, 0.15) is 5.82 Å². The van der Waals surface area contributed by atoms with Gasteiger partial charge >= 0.3 is 0 Å². The lowest BCUT2D eigenvalue weighted by Gasteiger charge is -2.47. The first-order chi connectivity index (χ1) is 7.13. The summed E-state index contributed by atoms with van der Waals surface area (Å²) in [5.41, 5.74) is 6.19. The minimum Gasteiger partial charge on any atom is -0.338 e. The van der Waals surface area contributed by atoms with E-state index in [4.69, 9.17) is 5.73 Å². The highest BCUT2D eigenvalue weighted by Crippen LogP contribution is 2.21. The zero-order valence-corrected chi connectivity index (χ0v) is 9.61. The predicted molar refractivity (Wildman–Crippen MR) is 60.6 cm³/mol. The van der Waals surface area contributed by atoms with Gasteiger partial charge in [-0.25, -0.2) is 4.98 Å². The SMILES string of the molecule is CCC1(N)CN(CCc2nccn2C)C1. The maximum atomic E-state index is 6.11. The molecule has 0 radical (unpaired) electrons. The molecule has 15 heavy (non-hydrogen) atoms. The van der Waals surface area contributed by atoms with Gasteiger partial charge in [-0.15, -0.1) is 0 Å². The van der Waals surface area contributed by atoms with Crippen LogP contribution in [0, 0.1) is 0 Å². The van der Waals surface area contributed by atoms with Crippen LogP contribution in [0.15, 0.2) is 12.4 Å². The van der Waals surface area contributed by atoms with Crippen LogP contribution in [-0.4, -0.2) is 39.6 Å². The summed E-state index contributed by atoms with van der Waals surface area (Å²) < 4.78 is 2.08. The van der Waals surface area contributed by atoms with Crippen LogP contribution in [0.4, 0.5) is 0 Å². The first-order valence-electron chi connectivity index (χ1n) is 5.60. The molecule has 0 unspecified atom stereocenters. The van der Waals surface area contributed by atoms with E-state index in [1.807, 2.05) is 19.4 Å². The Bertz CT molecular complexity index is 325. The van der Waals surface area contributed by atoms with Gasteiger partial charge in [0.05, 0.1) is 0 Å². The van der Waals surface area contributed by atoms with E-state index in [0.717, 1.165) is 38.3 Å². The quantitative estimate of drug-likeness (QED) is 0.778. The van der Waals surface area contributed by atoms with Gasteiger partial charge in [0.15, 0.2) is 0 Å². The molecule has 4 nitrogen and oxygen atoms in total. The number of rotatable bonds is 4. The Labute approximate surface area is 91.1 Å². The van der Waals surface area contributed by atoms with Gasteiger partial charge in [-0.05, 0) is 6.42 Å².